The second-order valence-corrected chi connectivity index (χ2v) is 5.00. The molecule has 2 rings (SSSR count). The van der Waals surface area contributed by atoms with Gasteiger partial charge in [0.1, 0.15) is 0 Å². The standard InChI is InChI=1S/C17H22N2/c1-13-6-5-7-17(12-13)19(4)16-10-8-15(9-11-16)14(2)18-3/h5-12,14,18H,1-4H3. The number of benzene rings is 2. The van der Waals surface area contributed by atoms with Gasteiger partial charge in [-0.2, -0.15) is 0 Å². The van der Waals surface area contributed by atoms with Gasteiger partial charge in [0.15, 0.2) is 0 Å². The smallest absolute Gasteiger partial charge is 0.0410 e. The highest BCUT2D eigenvalue weighted by atomic mass is 15.1. The number of nitrogens with zero attached hydrogens (tertiary/aromatic N) is 1. The van der Waals surface area contributed by atoms with Gasteiger partial charge in [-0.25, -0.2) is 0 Å². The van der Waals surface area contributed by atoms with Crippen molar-refractivity contribution in [3.63, 3.8) is 0 Å². The quantitative estimate of drug-likeness (QED) is 0.885. The fraction of sp³-hybridized carbons (Fsp3) is 0.294. The fourth-order valence-electron chi connectivity index (χ4n) is 2.14. The van der Waals surface area contributed by atoms with Crippen LogP contribution in [0.2, 0.25) is 0 Å². The molecule has 0 heterocycles. The lowest BCUT2D eigenvalue weighted by atomic mass is 10.1. The maximum atomic E-state index is 3.26. The average Bonchev–Trinajstić information content (AvgIpc) is 2.46. The maximum absolute atomic E-state index is 3.26. The lowest BCUT2D eigenvalue weighted by Crippen LogP contribution is -2.13. The Morgan fingerprint density at radius 3 is 2.26 bits per heavy atom. The largest absolute Gasteiger partial charge is 0.345 e. The molecule has 0 spiro atoms. The lowest BCUT2D eigenvalue weighted by Gasteiger charge is -2.21. The van der Waals surface area contributed by atoms with E-state index in [1.54, 1.807) is 0 Å². The molecule has 0 aliphatic carbocycles. The molecular formula is C17H22N2. The van der Waals surface area contributed by atoms with E-state index in [0.717, 1.165) is 0 Å². The van der Waals surface area contributed by atoms with E-state index in [0.29, 0.717) is 6.04 Å². The van der Waals surface area contributed by atoms with Crippen molar-refractivity contribution in [2.75, 3.05) is 19.0 Å². The molecule has 2 aromatic carbocycles. The molecule has 0 aliphatic rings. The number of hydrogen-bond donors (Lipinski definition) is 1. The molecule has 0 saturated carbocycles. The van der Waals surface area contributed by atoms with E-state index < -0.39 is 0 Å². The molecule has 0 aromatic heterocycles. The van der Waals surface area contributed by atoms with Crippen molar-refractivity contribution >= 4 is 11.4 Å². The lowest BCUT2D eigenvalue weighted by molar-refractivity contribution is 0.652. The number of nitrogens with one attached hydrogen (secondary N) is 1. The molecular weight excluding hydrogens is 232 g/mol. The Kier molecular flexibility index (Phi) is 4.23. The monoisotopic (exact) mass is 254 g/mol. The Bertz CT molecular complexity index is 531. The zero-order valence-electron chi connectivity index (χ0n) is 12.1. The molecule has 0 amide bonds. The Labute approximate surface area is 116 Å². The normalized spacial score (nSPS) is 12.2. The molecule has 1 N–H and O–H groups in total. The fourth-order valence-corrected chi connectivity index (χ4v) is 2.14. The summed E-state index contributed by atoms with van der Waals surface area (Å²) in [4.78, 5) is 2.21. The van der Waals surface area contributed by atoms with E-state index >= 15 is 0 Å². The molecule has 1 atom stereocenters. The van der Waals surface area contributed by atoms with E-state index in [2.05, 4.69) is 79.6 Å². The molecule has 19 heavy (non-hydrogen) atoms. The minimum Gasteiger partial charge on any atom is -0.345 e. The van der Waals surface area contributed by atoms with Crippen LogP contribution in [0.3, 0.4) is 0 Å². The Balaban J connectivity index is 2.22. The average molecular weight is 254 g/mol. The van der Waals surface area contributed by atoms with Gasteiger partial charge in [0.25, 0.3) is 0 Å². The van der Waals surface area contributed by atoms with Gasteiger partial charge in [0.2, 0.25) is 0 Å². The van der Waals surface area contributed by atoms with Crippen LogP contribution < -0.4 is 10.2 Å². The van der Waals surface area contributed by atoms with Crippen molar-refractivity contribution < 1.29 is 0 Å². The summed E-state index contributed by atoms with van der Waals surface area (Å²) in [7, 11) is 4.09. The van der Waals surface area contributed by atoms with Crippen LogP contribution in [0.5, 0.6) is 0 Å². The van der Waals surface area contributed by atoms with Gasteiger partial charge in [0, 0.05) is 24.5 Å². The summed E-state index contributed by atoms with van der Waals surface area (Å²) in [5, 5.41) is 3.26. The Hall–Kier alpha value is -1.80. The summed E-state index contributed by atoms with van der Waals surface area (Å²) in [6.45, 7) is 4.29. The second kappa shape index (κ2) is 5.89. The summed E-state index contributed by atoms with van der Waals surface area (Å²) >= 11 is 0. The van der Waals surface area contributed by atoms with Gasteiger partial charge in [-0.3, -0.25) is 0 Å². The van der Waals surface area contributed by atoms with Crippen LogP contribution >= 0.6 is 0 Å². The molecule has 2 heteroatoms. The highest BCUT2D eigenvalue weighted by Crippen LogP contribution is 2.25. The first-order valence-electron chi connectivity index (χ1n) is 6.69. The highest BCUT2D eigenvalue weighted by molar-refractivity contribution is 5.63. The second-order valence-electron chi connectivity index (χ2n) is 5.00. The maximum Gasteiger partial charge on any atom is 0.0410 e. The van der Waals surface area contributed by atoms with Crippen molar-refractivity contribution in [3.05, 3.63) is 59.7 Å². The van der Waals surface area contributed by atoms with Gasteiger partial charge >= 0.3 is 0 Å². The van der Waals surface area contributed by atoms with Crippen molar-refractivity contribution in [3.8, 4) is 0 Å². The van der Waals surface area contributed by atoms with Gasteiger partial charge in [0.05, 0.1) is 0 Å². The summed E-state index contributed by atoms with van der Waals surface area (Å²) in [6, 6.07) is 17.6. The third-order valence-electron chi connectivity index (χ3n) is 3.60. The van der Waals surface area contributed by atoms with Crippen molar-refractivity contribution in [1.82, 2.24) is 5.32 Å². The predicted molar refractivity (Wildman–Crippen MR) is 83.2 cm³/mol. The van der Waals surface area contributed by atoms with Crippen LogP contribution in [0.4, 0.5) is 11.4 Å². The molecule has 1 unspecified atom stereocenters. The number of anilines is 2. The molecule has 2 nitrogen and oxygen atoms in total. The minimum absolute atomic E-state index is 0.387. The summed E-state index contributed by atoms with van der Waals surface area (Å²) in [6.07, 6.45) is 0. The molecule has 0 fully saturated rings. The summed E-state index contributed by atoms with van der Waals surface area (Å²) in [5.74, 6) is 0. The minimum atomic E-state index is 0.387. The third-order valence-corrected chi connectivity index (χ3v) is 3.60. The Morgan fingerprint density at radius 1 is 1.00 bits per heavy atom. The molecule has 100 valence electrons. The van der Waals surface area contributed by atoms with Crippen molar-refractivity contribution in [2.24, 2.45) is 0 Å². The van der Waals surface area contributed by atoms with Crippen LogP contribution in [-0.2, 0) is 0 Å². The zero-order valence-corrected chi connectivity index (χ0v) is 12.1. The SMILES string of the molecule is CNC(C)c1ccc(N(C)c2cccc(C)c2)cc1. The molecule has 0 aliphatic heterocycles. The summed E-state index contributed by atoms with van der Waals surface area (Å²) in [5.41, 5.74) is 5.01. The number of aryl methyl sites for hydroxylation is 1. The van der Waals surface area contributed by atoms with Gasteiger partial charge in [-0.05, 0) is 56.3 Å². The number of hydrogen-bond acceptors (Lipinski definition) is 2. The number of rotatable bonds is 4. The summed E-state index contributed by atoms with van der Waals surface area (Å²) < 4.78 is 0. The Morgan fingerprint density at radius 2 is 1.68 bits per heavy atom. The first-order chi connectivity index (χ1) is 9.11. The van der Waals surface area contributed by atoms with Crippen LogP contribution in [0.15, 0.2) is 48.5 Å². The highest BCUT2D eigenvalue weighted by Gasteiger charge is 2.06. The molecule has 2 aromatic rings. The third kappa shape index (κ3) is 3.15. The van der Waals surface area contributed by atoms with Crippen LogP contribution in [0.25, 0.3) is 0 Å². The van der Waals surface area contributed by atoms with Crippen LogP contribution in [-0.4, -0.2) is 14.1 Å². The van der Waals surface area contributed by atoms with Gasteiger partial charge in [-0.1, -0.05) is 24.3 Å². The van der Waals surface area contributed by atoms with Gasteiger partial charge in [-0.15, -0.1) is 0 Å². The van der Waals surface area contributed by atoms with E-state index in [9.17, 15) is 0 Å². The van der Waals surface area contributed by atoms with Crippen LogP contribution in [0, 0.1) is 6.92 Å². The van der Waals surface area contributed by atoms with Crippen LogP contribution in [0.1, 0.15) is 24.1 Å². The van der Waals surface area contributed by atoms with E-state index in [4.69, 9.17) is 0 Å². The first kappa shape index (κ1) is 13.6. The molecule has 0 saturated heterocycles. The first-order valence-corrected chi connectivity index (χ1v) is 6.69. The van der Waals surface area contributed by atoms with Gasteiger partial charge < -0.3 is 10.2 Å². The van der Waals surface area contributed by atoms with E-state index in [1.807, 2.05) is 7.05 Å². The molecule has 0 radical (unpaired) electrons. The van der Waals surface area contributed by atoms with Crippen molar-refractivity contribution in [2.45, 2.75) is 19.9 Å². The predicted octanol–water partition coefficient (Wildman–Crippen LogP) is 4.04. The van der Waals surface area contributed by atoms with E-state index in [-0.39, 0.29) is 0 Å². The molecule has 0 bridgehead atoms. The van der Waals surface area contributed by atoms with E-state index in [1.165, 1.54) is 22.5 Å². The zero-order chi connectivity index (χ0) is 13.8. The topological polar surface area (TPSA) is 15.3 Å². The van der Waals surface area contributed by atoms with Crippen molar-refractivity contribution in [1.29, 1.82) is 0 Å².